The molecule has 2 aromatic carbocycles. The van der Waals surface area contributed by atoms with E-state index in [1.165, 1.54) is 23.6 Å². The molecule has 2 atom stereocenters. The summed E-state index contributed by atoms with van der Waals surface area (Å²) in [6.07, 6.45) is 3.99. The van der Waals surface area contributed by atoms with Crippen LogP contribution in [0.5, 0.6) is 0 Å². The highest BCUT2D eigenvalue weighted by Gasteiger charge is 2.48. The normalized spacial score (nSPS) is 23.4. The van der Waals surface area contributed by atoms with Crippen molar-refractivity contribution in [2.24, 2.45) is 5.92 Å². The van der Waals surface area contributed by atoms with Gasteiger partial charge in [-0.3, -0.25) is 4.79 Å². The Morgan fingerprint density at radius 1 is 1.25 bits per heavy atom. The standard InChI is InChI=1S/C25H31N3O4/c1-18(21-9-10-21)27(15-19-6-4-3-5-7-19)24(29)16-28-31-25(26-32-28)13-12-22-14-20(17-30-2)8-11-23(22)25/h3-8,11,14,18,21,26H,9-10,12-13,15-17H2,1-2H3. The van der Waals surface area contributed by atoms with Crippen LogP contribution in [0.2, 0.25) is 0 Å². The molecule has 1 spiro atoms. The topological polar surface area (TPSA) is 63.3 Å². The van der Waals surface area contributed by atoms with E-state index in [2.05, 4.69) is 36.7 Å². The minimum Gasteiger partial charge on any atom is -0.380 e. The van der Waals surface area contributed by atoms with Gasteiger partial charge in [-0.2, -0.15) is 4.94 Å². The maximum absolute atomic E-state index is 13.3. The second-order valence-corrected chi connectivity index (χ2v) is 9.11. The number of ether oxygens (including phenoxy) is 1. The van der Waals surface area contributed by atoms with Crippen LogP contribution in [0.3, 0.4) is 0 Å². The van der Waals surface area contributed by atoms with Gasteiger partial charge in [-0.05, 0) is 54.0 Å². The molecule has 2 aromatic rings. The van der Waals surface area contributed by atoms with Gasteiger partial charge in [0.15, 0.2) is 5.72 Å². The van der Waals surface area contributed by atoms with Gasteiger partial charge in [0.2, 0.25) is 5.91 Å². The van der Waals surface area contributed by atoms with Crippen molar-refractivity contribution < 1.29 is 19.3 Å². The van der Waals surface area contributed by atoms with Gasteiger partial charge < -0.3 is 9.64 Å². The first kappa shape index (κ1) is 21.6. The minimum atomic E-state index is -0.742. The predicted molar refractivity (Wildman–Crippen MR) is 118 cm³/mol. The van der Waals surface area contributed by atoms with Gasteiger partial charge in [0.1, 0.15) is 6.54 Å². The zero-order valence-electron chi connectivity index (χ0n) is 18.8. The second-order valence-electron chi connectivity index (χ2n) is 9.11. The fourth-order valence-electron chi connectivity index (χ4n) is 4.82. The van der Waals surface area contributed by atoms with Gasteiger partial charge in [0, 0.05) is 31.7 Å². The number of nitrogens with zero attached hydrogens (tertiary/aromatic N) is 2. The summed E-state index contributed by atoms with van der Waals surface area (Å²) in [5.74, 6) is 0.580. The Morgan fingerprint density at radius 2 is 2.06 bits per heavy atom. The molecule has 0 bridgehead atoms. The van der Waals surface area contributed by atoms with Crippen molar-refractivity contribution in [3.05, 3.63) is 70.8 Å². The number of aryl methyl sites for hydroxylation is 1. The number of methoxy groups -OCH3 is 1. The molecule has 3 aliphatic rings. The van der Waals surface area contributed by atoms with Gasteiger partial charge in [-0.15, -0.1) is 5.48 Å². The molecule has 1 saturated heterocycles. The van der Waals surface area contributed by atoms with Gasteiger partial charge in [0.05, 0.1) is 6.61 Å². The number of hydrogen-bond donors (Lipinski definition) is 1. The number of benzene rings is 2. The Morgan fingerprint density at radius 3 is 2.81 bits per heavy atom. The van der Waals surface area contributed by atoms with Gasteiger partial charge in [-0.25, -0.2) is 4.84 Å². The zero-order valence-corrected chi connectivity index (χ0v) is 18.8. The summed E-state index contributed by atoms with van der Waals surface area (Å²) in [7, 11) is 1.70. The summed E-state index contributed by atoms with van der Waals surface area (Å²) >= 11 is 0. The van der Waals surface area contributed by atoms with Crippen LogP contribution >= 0.6 is 0 Å². The highest BCUT2D eigenvalue weighted by Crippen LogP contribution is 2.42. The molecule has 5 rings (SSSR count). The lowest BCUT2D eigenvalue weighted by Gasteiger charge is -2.30. The molecule has 0 radical (unpaired) electrons. The number of rotatable bonds is 8. The molecule has 7 heteroatoms. The van der Waals surface area contributed by atoms with Crippen molar-refractivity contribution in [3.8, 4) is 0 Å². The lowest BCUT2D eigenvalue weighted by molar-refractivity contribution is -0.325. The van der Waals surface area contributed by atoms with Crippen molar-refractivity contribution in [2.45, 2.75) is 57.5 Å². The second kappa shape index (κ2) is 8.92. The molecule has 7 nitrogen and oxygen atoms in total. The van der Waals surface area contributed by atoms with Crippen LogP contribution in [0, 0.1) is 5.92 Å². The van der Waals surface area contributed by atoms with E-state index in [1.807, 2.05) is 29.2 Å². The lowest BCUT2D eigenvalue weighted by atomic mass is 10.0. The van der Waals surface area contributed by atoms with Gasteiger partial charge in [-0.1, -0.05) is 48.5 Å². The summed E-state index contributed by atoms with van der Waals surface area (Å²) < 4.78 is 5.25. The smallest absolute Gasteiger partial charge is 0.242 e. The molecular weight excluding hydrogens is 406 g/mol. The summed E-state index contributed by atoms with van der Waals surface area (Å²) in [6, 6.07) is 16.6. The number of carbonyl (C=O) groups excluding carboxylic acids is 1. The van der Waals surface area contributed by atoms with Crippen LogP contribution in [0.4, 0.5) is 0 Å². The summed E-state index contributed by atoms with van der Waals surface area (Å²) in [5, 5.41) is 1.30. The molecule has 170 valence electrons. The number of hydrogen-bond acceptors (Lipinski definition) is 6. The van der Waals surface area contributed by atoms with Crippen molar-refractivity contribution in [2.75, 3.05) is 13.7 Å². The first-order chi connectivity index (χ1) is 15.6. The third-order valence-corrected chi connectivity index (χ3v) is 6.81. The Balaban J connectivity index is 1.27. The Hall–Kier alpha value is -2.29. The fraction of sp³-hybridized carbons (Fsp3) is 0.480. The van der Waals surface area contributed by atoms with Crippen molar-refractivity contribution in [1.29, 1.82) is 0 Å². The largest absolute Gasteiger partial charge is 0.380 e. The summed E-state index contributed by atoms with van der Waals surface area (Å²) in [5.41, 5.74) is 6.85. The molecule has 1 amide bonds. The van der Waals surface area contributed by atoms with Crippen LogP contribution in [0.15, 0.2) is 48.5 Å². The molecule has 1 aliphatic heterocycles. The highest BCUT2D eigenvalue weighted by atomic mass is 17.1. The van der Waals surface area contributed by atoms with E-state index >= 15 is 0 Å². The minimum absolute atomic E-state index is 0.000709. The maximum atomic E-state index is 13.3. The third kappa shape index (κ3) is 4.31. The Bertz CT molecular complexity index is 965. The third-order valence-electron chi connectivity index (χ3n) is 6.81. The molecule has 1 saturated carbocycles. The summed E-state index contributed by atoms with van der Waals surface area (Å²) in [4.78, 5) is 27.1. The SMILES string of the molecule is COCc1ccc2c(c1)CCC21NON(CC(=O)N(Cc2ccccc2)C(C)C2CC2)O1. The number of amides is 1. The van der Waals surface area contributed by atoms with Crippen molar-refractivity contribution >= 4 is 5.91 Å². The van der Waals surface area contributed by atoms with E-state index in [4.69, 9.17) is 14.5 Å². The van der Waals surface area contributed by atoms with E-state index in [0.29, 0.717) is 19.1 Å². The molecule has 2 aliphatic carbocycles. The average molecular weight is 438 g/mol. The van der Waals surface area contributed by atoms with E-state index < -0.39 is 5.72 Å². The number of carbonyl (C=O) groups is 1. The first-order valence-corrected chi connectivity index (χ1v) is 11.4. The number of nitrogens with one attached hydrogen (secondary N) is 1. The van der Waals surface area contributed by atoms with Gasteiger partial charge >= 0.3 is 0 Å². The fourth-order valence-corrected chi connectivity index (χ4v) is 4.82. The Labute approximate surface area is 189 Å². The monoisotopic (exact) mass is 437 g/mol. The van der Waals surface area contributed by atoms with Crippen LogP contribution in [0.25, 0.3) is 0 Å². The molecule has 0 aromatic heterocycles. The maximum Gasteiger partial charge on any atom is 0.242 e. The molecule has 32 heavy (non-hydrogen) atoms. The van der Waals surface area contributed by atoms with E-state index in [0.717, 1.165) is 29.5 Å². The summed E-state index contributed by atoms with van der Waals surface area (Å²) in [6.45, 7) is 3.36. The van der Waals surface area contributed by atoms with Gasteiger partial charge in [0.25, 0.3) is 0 Å². The predicted octanol–water partition coefficient (Wildman–Crippen LogP) is 3.44. The lowest BCUT2D eigenvalue weighted by Crippen LogP contribution is -2.44. The van der Waals surface area contributed by atoms with E-state index in [9.17, 15) is 4.79 Å². The first-order valence-electron chi connectivity index (χ1n) is 11.4. The quantitative estimate of drug-likeness (QED) is 0.683. The molecule has 2 fully saturated rings. The molecular formula is C25H31N3O4. The number of fused-ring (bicyclic) bond motifs is 2. The van der Waals surface area contributed by atoms with Crippen LogP contribution < -0.4 is 5.48 Å². The van der Waals surface area contributed by atoms with Crippen LogP contribution in [0.1, 0.15) is 48.4 Å². The molecule has 1 heterocycles. The van der Waals surface area contributed by atoms with E-state index in [-0.39, 0.29) is 18.5 Å². The van der Waals surface area contributed by atoms with Crippen LogP contribution in [-0.2, 0) is 44.6 Å². The number of hydroxylamine groups is 3. The Kier molecular flexibility index (Phi) is 6.01. The van der Waals surface area contributed by atoms with Crippen LogP contribution in [-0.4, -0.2) is 35.7 Å². The molecule has 1 N–H and O–H groups in total. The van der Waals surface area contributed by atoms with Crippen molar-refractivity contribution in [3.63, 3.8) is 0 Å². The zero-order chi connectivity index (χ0) is 22.1. The average Bonchev–Trinajstić information content (AvgIpc) is 3.50. The highest BCUT2D eigenvalue weighted by molar-refractivity contribution is 5.78. The van der Waals surface area contributed by atoms with Crippen molar-refractivity contribution in [1.82, 2.24) is 15.6 Å². The molecule has 2 unspecified atom stereocenters. The van der Waals surface area contributed by atoms with E-state index in [1.54, 1.807) is 7.11 Å².